The quantitative estimate of drug-likeness (QED) is 0.642. The summed E-state index contributed by atoms with van der Waals surface area (Å²) in [5, 5.41) is 5.62. The number of amides is 3. The van der Waals surface area contributed by atoms with Gasteiger partial charge in [-0.1, -0.05) is 19.3 Å². The SMILES string of the molecule is O=C(NCCCCCCC1CCN(C(=O)c2ccco2)C1)Nc1cccnc1. The molecule has 0 bridgehead atoms. The maximum absolute atomic E-state index is 12.3. The number of carbonyl (C=O) groups excluding carboxylic acids is 2. The molecule has 2 aromatic heterocycles. The van der Waals surface area contributed by atoms with E-state index in [1.165, 1.54) is 6.26 Å². The van der Waals surface area contributed by atoms with Crippen molar-refractivity contribution in [1.82, 2.24) is 15.2 Å². The van der Waals surface area contributed by atoms with E-state index in [0.717, 1.165) is 51.6 Å². The highest BCUT2D eigenvalue weighted by molar-refractivity contribution is 5.91. The third-order valence-electron chi connectivity index (χ3n) is 5.05. The lowest BCUT2D eigenvalue weighted by molar-refractivity contribution is 0.0754. The Kier molecular flexibility index (Phi) is 7.46. The molecule has 1 aliphatic heterocycles. The molecule has 1 unspecified atom stereocenters. The fraction of sp³-hybridized carbons (Fsp3) is 0.476. The van der Waals surface area contributed by atoms with Crippen molar-refractivity contribution in [3.05, 3.63) is 48.7 Å². The normalized spacial score (nSPS) is 16.1. The van der Waals surface area contributed by atoms with Crippen molar-refractivity contribution in [2.75, 3.05) is 25.0 Å². The van der Waals surface area contributed by atoms with E-state index in [9.17, 15) is 9.59 Å². The Morgan fingerprint density at radius 3 is 2.86 bits per heavy atom. The van der Waals surface area contributed by atoms with Gasteiger partial charge in [-0.25, -0.2) is 4.79 Å². The second-order valence-corrected chi connectivity index (χ2v) is 7.21. The molecule has 1 atom stereocenters. The van der Waals surface area contributed by atoms with Crippen LogP contribution in [0, 0.1) is 5.92 Å². The molecule has 28 heavy (non-hydrogen) atoms. The van der Waals surface area contributed by atoms with Gasteiger partial charge in [0.05, 0.1) is 18.1 Å². The van der Waals surface area contributed by atoms with Gasteiger partial charge in [0.15, 0.2) is 5.76 Å². The molecule has 7 nitrogen and oxygen atoms in total. The number of urea groups is 1. The molecule has 0 radical (unpaired) electrons. The average Bonchev–Trinajstić information content (AvgIpc) is 3.40. The predicted octanol–water partition coefficient (Wildman–Crippen LogP) is 3.91. The lowest BCUT2D eigenvalue weighted by Crippen LogP contribution is -2.29. The molecule has 0 spiro atoms. The molecule has 2 aromatic rings. The van der Waals surface area contributed by atoms with Crippen molar-refractivity contribution in [2.45, 2.75) is 38.5 Å². The standard InChI is InChI=1S/C21H28N4O3/c26-20(19-9-6-14-28-19)25-13-10-17(16-25)7-3-1-2-4-12-23-21(27)24-18-8-5-11-22-15-18/h5-6,8-9,11,14-15,17H,1-4,7,10,12-13,16H2,(H2,23,24,27). The molecular formula is C21H28N4O3. The number of hydrogen-bond donors (Lipinski definition) is 2. The number of hydrogen-bond acceptors (Lipinski definition) is 4. The fourth-order valence-corrected chi connectivity index (χ4v) is 3.53. The monoisotopic (exact) mass is 384 g/mol. The van der Waals surface area contributed by atoms with Crippen LogP contribution in [0.25, 0.3) is 0 Å². The van der Waals surface area contributed by atoms with Gasteiger partial charge >= 0.3 is 6.03 Å². The Morgan fingerprint density at radius 2 is 2.07 bits per heavy atom. The first-order chi connectivity index (χ1) is 13.7. The number of unbranched alkanes of at least 4 members (excludes halogenated alkanes) is 3. The number of likely N-dealkylation sites (tertiary alicyclic amines) is 1. The highest BCUT2D eigenvalue weighted by Gasteiger charge is 2.27. The molecule has 0 saturated carbocycles. The van der Waals surface area contributed by atoms with Gasteiger partial charge in [-0.15, -0.1) is 0 Å². The first-order valence-corrected chi connectivity index (χ1v) is 10.00. The molecule has 7 heteroatoms. The number of pyridine rings is 1. The van der Waals surface area contributed by atoms with E-state index >= 15 is 0 Å². The Labute approximate surface area is 165 Å². The van der Waals surface area contributed by atoms with Gasteiger partial charge in [0.1, 0.15) is 0 Å². The van der Waals surface area contributed by atoms with Crippen LogP contribution in [0.15, 0.2) is 47.3 Å². The highest BCUT2D eigenvalue weighted by atomic mass is 16.3. The molecule has 1 aliphatic rings. The molecule has 3 rings (SSSR count). The summed E-state index contributed by atoms with van der Waals surface area (Å²) in [7, 11) is 0. The minimum Gasteiger partial charge on any atom is -0.459 e. The van der Waals surface area contributed by atoms with E-state index in [4.69, 9.17) is 4.42 Å². The number of nitrogens with zero attached hydrogens (tertiary/aromatic N) is 2. The second kappa shape index (κ2) is 10.5. The van der Waals surface area contributed by atoms with Crippen LogP contribution in [0.1, 0.15) is 49.1 Å². The van der Waals surface area contributed by atoms with E-state index in [-0.39, 0.29) is 11.9 Å². The molecule has 150 valence electrons. The summed E-state index contributed by atoms with van der Waals surface area (Å²) in [5.74, 6) is 1.02. The molecule has 2 N–H and O–H groups in total. The van der Waals surface area contributed by atoms with Crippen LogP contribution in [0.5, 0.6) is 0 Å². The molecule has 0 aromatic carbocycles. The Hall–Kier alpha value is -2.83. The van der Waals surface area contributed by atoms with E-state index in [0.29, 0.717) is 23.9 Å². The largest absolute Gasteiger partial charge is 0.459 e. The lowest BCUT2D eigenvalue weighted by Gasteiger charge is -2.15. The number of nitrogens with one attached hydrogen (secondary N) is 2. The summed E-state index contributed by atoms with van der Waals surface area (Å²) < 4.78 is 5.20. The number of furan rings is 1. The lowest BCUT2D eigenvalue weighted by atomic mass is 10.00. The minimum absolute atomic E-state index is 0.00290. The van der Waals surface area contributed by atoms with Crippen LogP contribution in [0.3, 0.4) is 0 Å². The van der Waals surface area contributed by atoms with Crippen molar-refractivity contribution in [3.8, 4) is 0 Å². The number of rotatable bonds is 9. The first-order valence-electron chi connectivity index (χ1n) is 10.00. The van der Waals surface area contributed by atoms with Crippen molar-refractivity contribution in [1.29, 1.82) is 0 Å². The van der Waals surface area contributed by atoms with Gasteiger partial charge in [-0.05, 0) is 49.4 Å². The third-order valence-corrected chi connectivity index (χ3v) is 5.05. The molecule has 3 amide bonds. The second-order valence-electron chi connectivity index (χ2n) is 7.21. The number of aromatic nitrogens is 1. The minimum atomic E-state index is -0.194. The first kappa shape index (κ1) is 19.9. The van der Waals surface area contributed by atoms with Gasteiger partial charge in [-0.3, -0.25) is 9.78 Å². The number of carbonyl (C=O) groups is 2. The van der Waals surface area contributed by atoms with Gasteiger partial charge in [-0.2, -0.15) is 0 Å². The van der Waals surface area contributed by atoms with E-state index in [1.54, 1.807) is 36.7 Å². The van der Waals surface area contributed by atoms with Crippen LogP contribution < -0.4 is 10.6 Å². The zero-order valence-electron chi connectivity index (χ0n) is 16.1. The zero-order chi connectivity index (χ0) is 19.6. The molecular weight excluding hydrogens is 356 g/mol. The van der Waals surface area contributed by atoms with Gasteiger partial charge in [0.2, 0.25) is 0 Å². The van der Waals surface area contributed by atoms with Crippen LogP contribution in [0.4, 0.5) is 10.5 Å². The Bertz CT molecular complexity index is 733. The average molecular weight is 384 g/mol. The summed E-state index contributed by atoms with van der Waals surface area (Å²) >= 11 is 0. The van der Waals surface area contributed by atoms with Crippen LogP contribution >= 0.6 is 0 Å². The summed E-state index contributed by atoms with van der Waals surface area (Å²) in [6.07, 6.45) is 11.4. The van der Waals surface area contributed by atoms with Crippen molar-refractivity contribution in [3.63, 3.8) is 0 Å². The van der Waals surface area contributed by atoms with Gasteiger partial charge < -0.3 is 20.0 Å². The summed E-state index contributed by atoms with van der Waals surface area (Å²) in [6, 6.07) is 6.87. The maximum atomic E-state index is 12.3. The van der Waals surface area contributed by atoms with E-state index < -0.39 is 0 Å². The number of anilines is 1. The van der Waals surface area contributed by atoms with E-state index in [2.05, 4.69) is 15.6 Å². The maximum Gasteiger partial charge on any atom is 0.319 e. The topological polar surface area (TPSA) is 87.5 Å². The molecule has 3 heterocycles. The fourth-order valence-electron chi connectivity index (χ4n) is 3.53. The highest BCUT2D eigenvalue weighted by Crippen LogP contribution is 2.23. The van der Waals surface area contributed by atoms with Gasteiger partial charge in [0.25, 0.3) is 5.91 Å². The third kappa shape index (κ3) is 6.11. The molecule has 1 saturated heterocycles. The smallest absolute Gasteiger partial charge is 0.319 e. The molecule has 0 aliphatic carbocycles. The predicted molar refractivity (Wildman–Crippen MR) is 107 cm³/mol. The zero-order valence-corrected chi connectivity index (χ0v) is 16.1. The van der Waals surface area contributed by atoms with E-state index in [1.807, 2.05) is 4.90 Å². The van der Waals surface area contributed by atoms with Crippen molar-refractivity contribution < 1.29 is 14.0 Å². The summed E-state index contributed by atoms with van der Waals surface area (Å²) in [5.41, 5.74) is 0.691. The van der Waals surface area contributed by atoms with Crippen LogP contribution in [0.2, 0.25) is 0 Å². The van der Waals surface area contributed by atoms with Crippen molar-refractivity contribution >= 4 is 17.6 Å². The van der Waals surface area contributed by atoms with Crippen LogP contribution in [-0.2, 0) is 0 Å². The van der Waals surface area contributed by atoms with Crippen molar-refractivity contribution in [2.24, 2.45) is 5.92 Å². The Balaban J connectivity index is 1.20. The molecule has 1 fully saturated rings. The summed E-state index contributed by atoms with van der Waals surface area (Å²) in [4.78, 5) is 29.9. The Morgan fingerprint density at radius 1 is 1.18 bits per heavy atom. The van der Waals surface area contributed by atoms with Gasteiger partial charge in [0, 0.05) is 25.8 Å². The van der Waals surface area contributed by atoms with Crippen LogP contribution in [-0.4, -0.2) is 41.5 Å². The summed E-state index contributed by atoms with van der Waals surface area (Å²) in [6.45, 7) is 2.32.